The molecule has 0 aromatic heterocycles. The van der Waals surface area contributed by atoms with E-state index in [1.807, 2.05) is 18.2 Å². The zero-order chi connectivity index (χ0) is 9.68. The molecule has 1 atom stereocenters. The molecule has 0 saturated heterocycles. The van der Waals surface area contributed by atoms with Crippen LogP contribution in [0.15, 0.2) is 30.3 Å². The number of hydrogen-bond donors (Lipinski definition) is 2. The van der Waals surface area contributed by atoms with Crippen molar-refractivity contribution >= 4 is 18.4 Å². The maximum absolute atomic E-state index is 10.3. The SMILES string of the molecule is Cl.NC(COc1ccccc1)C(=O)O. The second-order valence-electron chi connectivity index (χ2n) is 2.57. The Morgan fingerprint density at radius 3 is 2.50 bits per heavy atom. The van der Waals surface area contributed by atoms with Crippen molar-refractivity contribution in [3.8, 4) is 5.75 Å². The van der Waals surface area contributed by atoms with Gasteiger partial charge in [-0.2, -0.15) is 0 Å². The molecule has 0 aliphatic heterocycles. The van der Waals surface area contributed by atoms with Crippen LogP contribution in [-0.2, 0) is 4.79 Å². The molecule has 0 bridgehead atoms. The molecule has 14 heavy (non-hydrogen) atoms. The molecule has 0 aliphatic carbocycles. The van der Waals surface area contributed by atoms with Crippen molar-refractivity contribution in [3.63, 3.8) is 0 Å². The topological polar surface area (TPSA) is 72.5 Å². The first kappa shape index (κ1) is 12.7. The predicted molar refractivity (Wildman–Crippen MR) is 54.8 cm³/mol. The molecule has 1 rings (SSSR count). The number of benzene rings is 1. The largest absolute Gasteiger partial charge is 0.491 e. The number of carbonyl (C=O) groups is 1. The first-order chi connectivity index (χ1) is 6.20. The standard InChI is InChI=1S/C9H11NO3.ClH/c10-8(9(11)12)6-13-7-4-2-1-3-5-7;/h1-5,8H,6,10H2,(H,11,12);1H. The third kappa shape index (κ3) is 4.11. The second kappa shape index (κ2) is 6.23. The van der Waals surface area contributed by atoms with Crippen LogP contribution in [0.3, 0.4) is 0 Å². The van der Waals surface area contributed by atoms with Crippen LogP contribution in [0.5, 0.6) is 5.75 Å². The Bertz CT molecular complexity index is 279. The first-order valence-corrected chi connectivity index (χ1v) is 3.86. The number of para-hydroxylation sites is 1. The van der Waals surface area contributed by atoms with Crippen LogP contribution in [0.25, 0.3) is 0 Å². The minimum Gasteiger partial charge on any atom is -0.491 e. The summed E-state index contributed by atoms with van der Waals surface area (Å²) in [7, 11) is 0. The fourth-order valence-electron chi connectivity index (χ4n) is 0.774. The quantitative estimate of drug-likeness (QED) is 0.786. The fraction of sp³-hybridized carbons (Fsp3) is 0.222. The van der Waals surface area contributed by atoms with E-state index in [4.69, 9.17) is 15.6 Å². The molecule has 0 heterocycles. The average Bonchev–Trinajstić information content (AvgIpc) is 2.15. The maximum Gasteiger partial charge on any atom is 0.324 e. The molecule has 78 valence electrons. The highest BCUT2D eigenvalue weighted by Gasteiger charge is 2.11. The van der Waals surface area contributed by atoms with Gasteiger partial charge in [0.25, 0.3) is 0 Å². The number of carboxylic acids is 1. The van der Waals surface area contributed by atoms with Crippen LogP contribution >= 0.6 is 12.4 Å². The number of ether oxygens (including phenoxy) is 1. The summed E-state index contributed by atoms with van der Waals surface area (Å²) in [5.74, 6) is -0.435. The Balaban J connectivity index is 0.00000169. The molecule has 5 heteroatoms. The van der Waals surface area contributed by atoms with Gasteiger partial charge in [0, 0.05) is 0 Å². The van der Waals surface area contributed by atoms with Crippen molar-refractivity contribution in [2.45, 2.75) is 6.04 Å². The molecule has 0 radical (unpaired) electrons. The van der Waals surface area contributed by atoms with Gasteiger partial charge in [-0.05, 0) is 12.1 Å². The van der Waals surface area contributed by atoms with Crippen molar-refractivity contribution < 1.29 is 14.6 Å². The van der Waals surface area contributed by atoms with Crippen LogP contribution in [0.1, 0.15) is 0 Å². The molecular weight excluding hydrogens is 206 g/mol. The number of halogens is 1. The van der Waals surface area contributed by atoms with Crippen molar-refractivity contribution in [3.05, 3.63) is 30.3 Å². The molecule has 0 aliphatic rings. The second-order valence-corrected chi connectivity index (χ2v) is 2.57. The van der Waals surface area contributed by atoms with E-state index >= 15 is 0 Å². The maximum atomic E-state index is 10.3. The third-order valence-electron chi connectivity index (χ3n) is 1.49. The summed E-state index contributed by atoms with van der Waals surface area (Å²) < 4.78 is 5.12. The smallest absolute Gasteiger partial charge is 0.324 e. The first-order valence-electron chi connectivity index (χ1n) is 3.86. The number of aliphatic carboxylic acids is 1. The summed E-state index contributed by atoms with van der Waals surface area (Å²) in [6, 6.07) is 7.98. The molecule has 4 nitrogen and oxygen atoms in total. The Hall–Kier alpha value is -1.26. The Morgan fingerprint density at radius 2 is 2.00 bits per heavy atom. The molecular formula is C9H12ClNO3. The lowest BCUT2D eigenvalue weighted by Gasteiger charge is -2.08. The summed E-state index contributed by atoms with van der Waals surface area (Å²) in [4.78, 5) is 10.3. The molecule has 1 aromatic rings. The molecule has 0 saturated carbocycles. The average molecular weight is 218 g/mol. The molecule has 1 unspecified atom stereocenters. The molecule has 0 amide bonds. The lowest BCUT2D eigenvalue weighted by atomic mass is 10.3. The monoisotopic (exact) mass is 217 g/mol. The van der Waals surface area contributed by atoms with Crippen molar-refractivity contribution in [2.75, 3.05) is 6.61 Å². The minimum absolute atomic E-state index is 0. The molecule has 0 spiro atoms. The van der Waals surface area contributed by atoms with Gasteiger partial charge in [-0.3, -0.25) is 4.79 Å². The van der Waals surface area contributed by atoms with Crippen LogP contribution in [0.4, 0.5) is 0 Å². The fourth-order valence-corrected chi connectivity index (χ4v) is 0.774. The zero-order valence-electron chi connectivity index (χ0n) is 7.42. The van der Waals surface area contributed by atoms with Gasteiger partial charge in [-0.25, -0.2) is 0 Å². The minimum atomic E-state index is -1.06. The Kier molecular flexibility index (Phi) is 5.67. The number of rotatable bonds is 4. The highest BCUT2D eigenvalue weighted by Crippen LogP contribution is 2.07. The summed E-state index contributed by atoms with van der Waals surface area (Å²) in [6.07, 6.45) is 0. The van der Waals surface area contributed by atoms with Crippen molar-refractivity contribution in [1.82, 2.24) is 0 Å². The normalized spacial score (nSPS) is 11.2. The van der Waals surface area contributed by atoms with Crippen LogP contribution in [-0.4, -0.2) is 23.7 Å². The van der Waals surface area contributed by atoms with E-state index in [1.54, 1.807) is 12.1 Å². The van der Waals surface area contributed by atoms with E-state index in [2.05, 4.69) is 0 Å². The predicted octanol–water partition coefficient (Wildman–Crippen LogP) is 0.899. The van der Waals surface area contributed by atoms with E-state index in [9.17, 15) is 4.79 Å². The highest BCUT2D eigenvalue weighted by molar-refractivity contribution is 5.85. The third-order valence-corrected chi connectivity index (χ3v) is 1.49. The summed E-state index contributed by atoms with van der Waals surface area (Å²) in [5.41, 5.74) is 5.24. The van der Waals surface area contributed by atoms with E-state index in [-0.39, 0.29) is 19.0 Å². The lowest BCUT2D eigenvalue weighted by molar-refractivity contribution is -0.139. The van der Waals surface area contributed by atoms with E-state index < -0.39 is 12.0 Å². The van der Waals surface area contributed by atoms with E-state index in [0.29, 0.717) is 5.75 Å². The van der Waals surface area contributed by atoms with Crippen LogP contribution < -0.4 is 10.5 Å². The molecule has 0 fully saturated rings. The van der Waals surface area contributed by atoms with E-state index in [1.165, 1.54) is 0 Å². The van der Waals surface area contributed by atoms with Gasteiger partial charge >= 0.3 is 5.97 Å². The van der Waals surface area contributed by atoms with Gasteiger partial charge in [0.15, 0.2) is 0 Å². The van der Waals surface area contributed by atoms with Crippen molar-refractivity contribution in [2.24, 2.45) is 5.73 Å². The summed E-state index contributed by atoms with van der Waals surface area (Å²) in [5, 5.41) is 8.46. The Morgan fingerprint density at radius 1 is 1.43 bits per heavy atom. The number of hydrogen-bond acceptors (Lipinski definition) is 3. The van der Waals surface area contributed by atoms with Gasteiger partial charge in [-0.1, -0.05) is 18.2 Å². The van der Waals surface area contributed by atoms with Crippen LogP contribution in [0.2, 0.25) is 0 Å². The zero-order valence-corrected chi connectivity index (χ0v) is 8.24. The highest BCUT2D eigenvalue weighted by atomic mass is 35.5. The van der Waals surface area contributed by atoms with Gasteiger partial charge in [-0.15, -0.1) is 12.4 Å². The van der Waals surface area contributed by atoms with Gasteiger partial charge < -0.3 is 15.6 Å². The van der Waals surface area contributed by atoms with Crippen molar-refractivity contribution in [1.29, 1.82) is 0 Å². The van der Waals surface area contributed by atoms with E-state index in [0.717, 1.165) is 0 Å². The number of nitrogens with two attached hydrogens (primary N) is 1. The lowest BCUT2D eigenvalue weighted by Crippen LogP contribution is -2.36. The number of carboxylic acid groups (broad SMARTS) is 1. The molecule has 1 aromatic carbocycles. The molecule has 3 N–H and O–H groups in total. The Labute approximate surface area is 88.1 Å². The van der Waals surface area contributed by atoms with Gasteiger partial charge in [0.2, 0.25) is 0 Å². The summed E-state index contributed by atoms with van der Waals surface area (Å²) >= 11 is 0. The van der Waals surface area contributed by atoms with Crippen LogP contribution in [0, 0.1) is 0 Å². The summed E-state index contributed by atoms with van der Waals surface area (Å²) in [6.45, 7) is -0.0145. The van der Waals surface area contributed by atoms with Gasteiger partial charge in [0.1, 0.15) is 18.4 Å². The van der Waals surface area contributed by atoms with Gasteiger partial charge in [0.05, 0.1) is 0 Å².